The zero-order valence-corrected chi connectivity index (χ0v) is 20.1. The Balaban J connectivity index is 1.44. The van der Waals surface area contributed by atoms with E-state index in [9.17, 15) is 9.59 Å². The summed E-state index contributed by atoms with van der Waals surface area (Å²) in [6.45, 7) is 0.316. The Morgan fingerprint density at radius 1 is 1.03 bits per heavy atom. The summed E-state index contributed by atoms with van der Waals surface area (Å²) in [5, 5.41) is 0. The molecule has 0 bridgehead atoms. The average Bonchev–Trinajstić information content (AvgIpc) is 3.70. The van der Waals surface area contributed by atoms with Gasteiger partial charge in [0.1, 0.15) is 0 Å². The van der Waals surface area contributed by atoms with Gasteiger partial charge >= 0.3 is 0 Å². The molecule has 1 aliphatic carbocycles. The zero-order chi connectivity index (χ0) is 23.7. The first kappa shape index (κ1) is 22.4. The van der Waals surface area contributed by atoms with Crippen molar-refractivity contribution in [1.82, 2.24) is 9.88 Å². The number of methoxy groups -OCH3 is 1. The van der Waals surface area contributed by atoms with Gasteiger partial charge in [-0.05, 0) is 67.3 Å². The van der Waals surface area contributed by atoms with Crippen molar-refractivity contribution in [2.75, 3.05) is 19.9 Å². The van der Waals surface area contributed by atoms with Gasteiger partial charge in [-0.25, -0.2) is 4.98 Å². The number of carbonyl (C=O) groups is 2. The van der Waals surface area contributed by atoms with E-state index >= 15 is 0 Å². The summed E-state index contributed by atoms with van der Waals surface area (Å²) in [5.74, 6) is 0.757. The van der Waals surface area contributed by atoms with Crippen LogP contribution >= 0.6 is 11.8 Å². The second-order valence-electron chi connectivity index (χ2n) is 8.51. The number of rotatable bonds is 8. The molecule has 0 radical (unpaired) electrons. The van der Waals surface area contributed by atoms with Crippen LogP contribution in [0.3, 0.4) is 0 Å². The number of carbonyl (C=O) groups excluding carboxylic acids is 2. The van der Waals surface area contributed by atoms with Gasteiger partial charge in [0.25, 0.3) is 11.8 Å². The van der Waals surface area contributed by atoms with E-state index in [1.807, 2.05) is 6.07 Å². The van der Waals surface area contributed by atoms with Gasteiger partial charge < -0.3 is 4.74 Å². The number of hydrogen-bond acceptors (Lipinski definition) is 5. The van der Waals surface area contributed by atoms with Crippen LogP contribution in [0.15, 0.2) is 71.6 Å². The van der Waals surface area contributed by atoms with Crippen LogP contribution in [0, 0.1) is 0 Å². The molecule has 0 unspecified atom stereocenters. The molecular formula is C28H26N2O3S. The number of fused-ring (bicyclic) bond motifs is 1. The topological polar surface area (TPSA) is 59.5 Å². The molecule has 34 heavy (non-hydrogen) atoms. The van der Waals surface area contributed by atoms with Gasteiger partial charge in [-0.3, -0.25) is 14.5 Å². The molecular weight excluding hydrogens is 444 g/mol. The maximum absolute atomic E-state index is 12.7. The third-order valence-corrected chi connectivity index (χ3v) is 7.10. The lowest BCUT2D eigenvalue weighted by Crippen LogP contribution is -2.30. The average molecular weight is 471 g/mol. The number of aromatic nitrogens is 1. The number of imide groups is 1. The molecule has 2 heterocycles. The van der Waals surface area contributed by atoms with Crippen molar-refractivity contribution in [2.24, 2.45) is 0 Å². The number of nitrogens with zero attached hydrogens (tertiary/aromatic N) is 2. The van der Waals surface area contributed by atoms with Crippen molar-refractivity contribution in [3.8, 4) is 5.88 Å². The predicted octanol–water partition coefficient (Wildman–Crippen LogP) is 5.81. The highest BCUT2D eigenvalue weighted by atomic mass is 32.2. The maximum atomic E-state index is 12.7. The molecule has 0 saturated heterocycles. The number of thioether (sulfide) groups is 1. The first-order valence-corrected chi connectivity index (χ1v) is 12.7. The number of hydrogen-bond donors (Lipinski definition) is 0. The van der Waals surface area contributed by atoms with E-state index in [-0.39, 0.29) is 11.8 Å². The molecule has 1 fully saturated rings. The van der Waals surface area contributed by atoms with Gasteiger partial charge in [-0.1, -0.05) is 36.4 Å². The molecule has 0 spiro atoms. The standard InChI is InChI=1S/C28H26N2O3S/c1-33-26-22(19-9-10-19)15-16-25(29-26)21(18-11-13-20(34-2)14-12-18)8-5-17-30-27(31)23-6-3-4-7-24(23)28(30)32/h3-4,6-8,11-16,19H,5,9-10,17H2,1-2H3/b21-8-. The fourth-order valence-electron chi connectivity index (χ4n) is 4.39. The highest BCUT2D eigenvalue weighted by Crippen LogP contribution is 2.44. The predicted molar refractivity (Wildman–Crippen MR) is 134 cm³/mol. The van der Waals surface area contributed by atoms with Gasteiger partial charge in [0.2, 0.25) is 5.88 Å². The Hall–Kier alpha value is -3.38. The summed E-state index contributed by atoms with van der Waals surface area (Å²) in [6, 6.07) is 19.5. The number of benzene rings is 2. The SMILES string of the molecule is COc1nc(/C(=C\CCN2C(=O)c3ccccc3C2=O)c2ccc(SC)cc2)ccc1C1CC1. The molecule has 2 amide bonds. The number of ether oxygens (including phenoxy) is 1. The van der Waals surface area contributed by atoms with Crippen molar-refractivity contribution in [3.05, 3.63) is 94.7 Å². The van der Waals surface area contributed by atoms with Crippen molar-refractivity contribution >= 4 is 29.1 Å². The van der Waals surface area contributed by atoms with Crippen LogP contribution in [-0.2, 0) is 0 Å². The van der Waals surface area contributed by atoms with Crippen LogP contribution in [0.25, 0.3) is 5.57 Å². The van der Waals surface area contributed by atoms with Crippen molar-refractivity contribution < 1.29 is 14.3 Å². The van der Waals surface area contributed by atoms with Crippen LogP contribution in [0.1, 0.15) is 62.7 Å². The molecule has 1 saturated carbocycles. The first-order chi connectivity index (χ1) is 16.6. The van der Waals surface area contributed by atoms with Gasteiger partial charge in [0, 0.05) is 22.6 Å². The van der Waals surface area contributed by atoms with Gasteiger partial charge in [-0.2, -0.15) is 0 Å². The molecule has 1 aromatic heterocycles. The molecule has 1 aliphatic heterocycles. The Morgan fingerprint density at radius 3 is 2.29 bits per heavy atom. The lowest BCUT2D eigenvalue weighted by Gasteiger charge is -2.15. The first-order valence-electron chi connectivity index (χ1n) is 11.5. The number of amides is 2. The fourth-order valence-corrected chi connectivity index (χ4v) is 4.80. The Kier molecular flexibility index (Phi) is 6.24. The van der Waals surface area contributed by atoms with Gasteiger partial charge in [0.05, 0.1) is 23.9 Å². The molecule has 3 aromatic rings. The van der Waals surface area contributed by atoms with E-state index in [4.69, 9.17) is 9.72 Å². The summed E-state index contributed by atoms with van der Waals surface area (Å²) in [4.78, 5) is 32.8. The lowest BCUT2D eigenvalue weighted by atomic mass is 10.00. The minimum Gasteiger partial charge on any atom is -0.481 e. The second-order valence-corrected chi connectivity index (χ2v) is 9.39. The van der Waals surface area contributed by atoms with E-state index in [0.29, 0.717) is 35.9 Å². The van der Waals surface area contributed by atoms with Crippen LogP contribution in [0.4, 0.5) is 0 Å². The summed E-state index contributed by atoms with van der Waals surface area (Å²) in [7, 11) is 1.66. The molecule has 6 heteroatoms. The smallest absolute Gasteiger partial charge is 0.261 e. The summed E-state index contributed by atoms with van der Waals surface area (Å²) in [5.41, 5.74) is 4.94. The Bertz CT molecular complexity index is 1240. The zero-order valence-electron chi connectivity index (χ0n) is 19.3. The second kappa shape index (κ2) is 9.47. The van der Waals surface area contributed by atoms with Crippen LogP contribution in [0.2, 0.25) is 0 Å². The summed E-state index contributed by atoms with van der Waals surface area (Å²) < 4.78 is 5.62. The highest BCUT2D eigenvalue weighted by molar-refractivity contribution is 7.98. The molecule has 0 N–H and O–H groups in total. The minimum absolute atomic E-state index is 0.228. The molecule has 5 nitrogen and oxygen atoms in total. The van der Waals surface area contributed by atoms with E-state index in [1.165, 1.54) is 22.6 Å². The van der Waals surface area contributed by atoms with E-state index in [1.54, 1.807) is 43.1 Å². The highest BCUT2D eigenvalue weighted by Gasteiger charge is 2.34. The Morgan fingerprint density at radius 2 is 1.71 bits per heavy atom. The van der Waals surface area contributed by atoms with E-state index in [0.717, 1.165) is 22.4 Å². The van der Waals surface area contributed by atoms with E-state index in [2.05, 4.69) is 42.7 Å². The van der Waals surface area contributed by atoms with Crippen molar-refractivity contribution in [2.45, 2.75) is 30.1 Å². The molecule has 0 atom stereocenters. The summed E-state index contributed by atoms with van der Waals surface area (Å²) in [6.07, 6.45) is 7.00. The molecule has 5 rings (SSSR count). The third kappa shape index (κ3) is 4.26. The molecule has 2 aromatic carbocycles. The Labute approximate surface area is 203 Å². The van der Waals surface area contributed by atoms with Crippen molar-refractivity contribution in [1.29, 1.82) is 0 Å². The molecule has 2 aliphatic rings. The largest absolute Gasteiger partial charge is 0.481 e. The summed E-state index contributed by atoms with van der Waals surface area (Å²) >= 11 is 1.70. The van der Waals surface area contributed by atoms with Crippen LogP contribution in [0.5, 0.6) is 5.88 Å². The normalized spacial score (nSPS) is 15.6. The minimum atomic E-state index is -0.228. The quantitative estimate of drug-likeness (QED) is 0.307. The van der Waals surface area contributed by atoms with Crippen LogP contribution in [-0.4, -0.2) is 41.6 Å². The van der Waals surface area contributed by atoms with Crippen molar-refractivity contribution in [3.63, 3.8) is 0 Å². The third-order valence-electron chi connectivity index (χ3n) is 6.36. The van der Waals surface area contributed by atoms with Gasteiger partial charge in [-0.15, -0.1) is 11.8 Å². The monoisotopic (exact) mass is 470 g/mol. The maximum Gasteiger partial charge on any atom is 0.261 e. The lowest BCUT2D eigenvalue weighted by molar-refractivity contribution is 0.0657. The van der Waals surface area contributed by atoms with Crippen LogP contribution < -0.4 is 4.74 Å². The number of pyridine rings is 1. The molecule has 172 valence electrons. The van der Waals surface area contributed by atoms with Gasteiger partial charge in [0.15, 0.2) is 0 Å². The van der Waals surface area contributed by atoms with E-state index < -0.39 is 0 Å². The fraction of sp³-hybridized carbons (Fsp3) is 0.250.